The van der Waals surface area contributed by atoms with Crippen molar-refractivity contribution in [3.05, 3.63) is 53.6 Å². The van der Waals surface area contributed by atoms with Gasteiger partial charge in [0.05, 0.1) is 24.6 Å². The van der Waals surface area contributed by atoms with Gasteiger partial charge >= 0.3 is 0 Å². The first-order chi connectivity index (χ1) is 9.24. The average molecular weight is 257 g/mol. The fourth-order valence-electron chi connectivity index (χ4n) is 1.64. The summed E-state index contributed by atoms with van der Waals surface area (Å²) in [5, 5.41) is 26.5. The molecule has 0 radical (unpaired) electrons. The Labute approximate surface area is 111 Å². The number of hydrogen-bond acceptors (Lipinski definition) is 5. The van der Waals surface area contributed by atoms with Crippen molar-refractivity contribution >= 4 is 17.1 Å². The van der Waals surface area contributed by atoms with Gasteiger partial charge in [-0.2, -0.15) is 10.2 Å². The summed E-state index contributed by atoms with van der Waals surface area (Å²) < 4.78 is 0. The molecule has 0 saturated carbocycles. The van der Waals surface area contributed by atoms with Crippen LogP contribution in [0.25, 0.3) is 0 Å². The summed E-state index contributed by atoms with van der Waals surface area (Å²) in [6.45, 7) is -0.221. The van der Waals surface area contributed by atoms with Crippen LogP contribution in [0.1, 0.15) is 11.1 Å². The molecule has 0 aliphatic heterocycles. The van der Waals surface area contributed by atoms with Crippen LogP contribution in [0.5, 0.6) is 0 Å². The predicted molar refractivity (Wildman–Crippen MR) is 73.3 cm³/mol. The maximum absolute atomic E-state index is 9.18. The van der Waals surface area contributed by atoms with Gasteiger partial charge in [0.15, 0.2) is 0 Å². The molecule has 0 saturated heterocycles. The fraction of sp³-hybridized carbons (Fsp3) is 0.143. The van der Waals surface area contributed by atoms with Crippen LogP contribution in [0.4, 0.5) is 17.1 Å². The first-order valence-corrected chi connectivity index (χ1v) is 5.84. The molecule has 0 atom stereocenters. The van der Waals surface area contributed by atoms with Gasteiger partial charge in [-0.15, -0.1) is 0 Å². The molecule has 2 rings (SSSR count). The molecule has 0 aromatic heterocycles. The lowest BCUT2D eigenvalue weighted by Crippen LogP contribution is -1.92. The zero-order valence-corrected chi connectivity index (χ0v) is 10.3. The van der Waals surface area contributed by atoms with Crippen LogP contribution in [-0.4, -0.2) is 10.2 Å². The lowest BCUT2D eigenvalue weighted by Gasteiger charge is -2.03. The van der Waals surface area contributed by atoms with E-state index in [0.29, 0.717) is 28.2 Å². The number of aliphatic hydroxyl groups excluding tert-OH is 2. The van der Waals surface area contributed by atoms with Crippen molar-refractivity contribution < 1.29 is 10.2 Å². The minimum Gasteiger partial charge on any atom is -0.398 e. The van der Waals surface area contributed by atoms with Gasteiger partial charge in [0.25, 0.3) is 0 Å². The summed E-state index contributed by atoms with van der Waals surface area (Å²) in [5.74, 6) is 0. The first kappa shape index (κ1) is 13.2. The Hall–Kier alpha value is -2.24. The highest BCUT2D eigenvalue weighted by Crippen LogP contribution is 2.24. The zero-order chi connectivity index (χ0) is 13.7. The Kier molecular flexibility index (Phi) is 4.22. The zero-order valence-electron chi connectivity index (χ0n) is 10.3. The Morgan fingerprint density at radius 3 is 2.37 bits per heavy atom. The number of nitrogen functional groups attached to an aromatic ring is 1. The number of aliphatic hydroxyl groups is 2. The maximum Gasteiger partial charge on any atom is 0.0912 e. The molecule has 2 aromatic rings. The van der Waals surface area contributed by atoms with E-state index >= 15 is 0 Å². The van der Waals surface area contributed by atoms with E-state index in [-0.39, 0.29) is 13.2 Å². The molecule has 0 bridgehead atoms. The topological polar surface area (TPSA) is 91.2 Å². The molecule has 0 unspecified atom stereocenters. The Bertz CT molecular complexity index is 597. The van der Waals surface area contributed by atoms with Gasteiger partial charge in [0.2, 0.25) is 0 Å². The van der Waals surface area contributed by atoms with Crippen molar-refractivity contribution in [2.45, 2.75) is 13.2 Å². The van der Waals surface area contributed by atoms with Crippen molar-refractivity contribution in [3.8, 4) is 0 Å². The van der Waals surface area contributed by atoms with Crippen LogP contribution in [0.3, 0.4) is 0 Å². The van der Waals surface area contributed by atoms with Crippen molar-refractivity contribution in [2.75, 3.05) is 5.73 Å². The lowest BCUT2D eigenvalue weighted by molar-refractivity contribution is 0.282. The predicted octanol–water partition coefficient (Wildman–Crippen LogP) is 2.67. The molecule has 2 aromatic carbocycles. The van der Waals surface area contributed by atoms with E-state index in [4.69, 9.17) is 10.8 Å². The molecular weight excluding hydrogens is 242 g/mol. The number of nitrogens with two attached hydrogens (primary N) is 1. The van der Waals surface area contributed by atoms with Crippen LogP contribution in [-0.2, 0) is 13.2 Å². The van der Waals surface area contributed by atoms with Crippen LogP contribution in [0.2, 0.25) is 0 Å². The Morgan fingerprint density at radius 2 is 1.63 bits per heavy atom. The molecule has 4 N–H and O–H groups in total. The summed E-state index contributed by atoms with van der Waals surface area (Å²) in [7, 11) is 0. The van der Waals surface area contributed by atoms with Crippen molar-refractivity contribution in [2.24, 2.45) is 10.2 Å². The standard InChI is InChI=1S/C14H15N3O2/c15-13-6-5-12(7-11(13)9-19)16-17-14-4-2-1-3-10(14)8-18/h1-7,18-19H,8-9,15H2/b17-16+. The molecule has 98 valence electrons. The highest BCUT2D eigenvalue weighted by molar-refractivity contribution is 5.55. The van der Waals surface area contributed by atoms with Crippen molar-refractivity contribution in [1.29, 1.82) is 0 Å². The normalized spacial score (nSPS) is 11.1. The molecule has 5 heteroatoms. The molecule has 0 spiro atoms. The fourth-order valence-corrected chi connectivity index (χ4v) is 1.64. The summed E-state index contributed by atoms with van der Waals surface area (Å²) >= 11 is 0. The summed E-state index contributed by atoms with van der Waals surface area (Å²) in [6.07, 6.45) is 0. The minimum atomic E-state index is -0.136. The van der Waals surface area contributed by atoms with Gasteiger partial charge in [-0.3, -0.25) is 0 Å². The number of hydrogen-bond donors (Lipinski definition) is 3. The van der Waals surface area contributed by atoms with Crippen molar-refractivity contribution in [3.63, 3.8) is 0 Å². The van der Waals surface area contributed by atoms with E-state index < -0.39 is 0 Å². The minimum absolute atomic E-state index is 0.0845. The second kappa shape index (κ2) is 6.08. The van der Waals surface area contributed by atoms with Crippen LogP contribution >= 0.6 is 0 Å². The van der Waals surface area contributed by atoms with Gasteiger partial charge < -0.3 is 15.9 Å². The van der Waals surface area contributed by atoms with Crippen LogP contribution in [0.15, 0.2) is 52.7 Å². The molecule has 0 fully saturated rings. The van der Waals surface area contributed by atoms with Gasteiger partial charge in [0, 0.05) is 16.8 Å². The number of azo groups is 1. The summed E-state index contributed by atoms with van der Waals surface area (Å²) in [5.41, 5.74) is 8.76. The monoisotopic (exact) mass is 257 g/mol. The molecular formula is C14H15N3O2. The van der Waals surface area contributed by atoms with E-state index in [0.717, 1.165) is 0 Å². The molecule has 19 heavy (non-hydrogen) atoms. The summed E-state index contributed by atoms with van der Waals surface area (Å²) in [4.78, 5) is 0. The number of nitrogens with zero attached hydrogens (tertiary/aromatic N) is 2. The Balaban J connectivity index is 2.27. The largest absolute Gasteiger partial charge is 0.398 e. The molecule has 0 amide bonds. The van der Waals surface area contributed by atoms with E-state index in [9.17, 15) is 5.11 Å². The van der Waals surface area contributed by atoms with Gasteiger partial charge in [0.1, 0.15) is 0 Å². The molecule has 0 aliphatic rings. The average Bonchev–Trinajstić information content (AvgIpc) is 2.46. The van der Waals surface area contributed by atoms with Gasteiger partial charge in [-0.1, -0.05) is 18.2 Å². The van der Waals surface area contributed by atoms with Crippen LogP contribution < -0.4 is 5.73 Å². The number of benzene rings is 2. The second-order valence-electron chi connectivity index (χ2n) is 4.03. The third kappa shape index (κ3) is 3.15. The van der Waals surface area contributed by atoms with E-state index in [1.165, 1.54) is 0 Å². The van der Waals surface area contributed by atoms with E-state index in [1.807, 2.05) is 12.1 Å². The van der Waals surface area contributed by atoms with Crippen molar-refractivity contribution in [1.82, 2.24) is 0 Å². The number of anilines is 1. The third-order valence-electron chi connectivity index (χ3n) is 2.73. The second-order valence-corrected chi connectivity index (χ2v) is 4.03. The first-order valence-electron chi connectivity index (χ1n) is 5.84. The molecule has 0 heterocycles. The quantitative estimate of drug-likeness (QED) is 0.581. The third-order valence-corrected chi connectivity index (χ3v) is 2.73. The summed E-state index contributed by atoms with van der Waals surface area (Å²) in [6, 6.07) is 12.3. The SMILES string of the molecule is Nc1ccc(/N=N/c2ccccc2CO)cc1CO. The lowest BCUT2D eigenvalue weighted by atomic mass is 10.2. The van der Waals surface area contributed by atoms with E-state index in [1.54, 1.807) is 30.3 Å². The van der Waals surface area contributed by atoms with E-state index in [2.05, 4.69) is 10.2 Å². The smallest absolute Gasteiger partial charge is 0.0912 e. The maximum atomic E-state index is 9.18. The highest BCUT2D eigenvalue weighted by atomic mass is 16.3. The Morgan fingerprint density at radius 1 is 0.895 bits per heavy atom. The van der Waals surface area contributed by atoms with Gasteiger partial charge in [-0.25, -0.2) is 0 Å². The molecule has 5 nitrogen and oxygen atoms in total. The van der Waals surface area contributed by atoms with Crippen LogP contribution in [0, 0.1) is 0 Å². The highest BCUT2D eigenvalue weighted by Gasteiger charge is 2.01. The van der Waals surface area contributed by atoms with Gasteiger partial charge in [-0.05, 0) is 24.3 Å². The molecule has 0 aliphatic carbocycles. The number of rotatable bonds is 4.